The molecule has 0 aliphatic carbocycles. The van der Waals surface area contributed by atoms with Gasteiger partial charge in [-0.2, -0.15) is 0 Å². The molecule has 0 radical (unpaired) electrons. The van der Waals surface area contributed by atoms with E-state index in [-0.39, 0.29) is 17.1 Å². The standard InChI is InChI=1S/C18H23NO4/c1-4-8-19(9-5-2)11-15-16(21)7-6-13-10-14(12(3)20)18(22)23-17(13)15/h6-7,10,21H,4-5,8-9,11H2,1-3H3. The zero-order chi connectivity index (χ0) is 17.0. The van der Waals surface area contributed by atoms with Crippen molar-refractivity contribution in [3.8, 4) is 5.75 Å². The van der Waals surface area contributed by atoms with Gasteiger partial charge in [0.1, 0.15) is 16.9 Å². The van der Waals surface area contributed by atoms with E-state index >= 15 is 0 Å². The number of carbonyl (C=O) groups is 1. The summed E-state index contributed by atoms with van der Waals surface area (Å²) in [5.74, 6) is -0.220. The van der Waals surface area contributed by atoms with E-state index in [1.807, 2.05) is 0 Å². The minimum atomic E-state index is -0.658. The van der Waals surface area contributed by atoms with Gasteiger partial charge in [-0.25, -0.2) is 4.79 Å². The molecule has 2 aromatic rings. The highest BCUT2D eigenvalue weighted by atomic mass is 16.4. The van der Waals surface area contributed by atoms with E-state index < -0.39 is 5.63 Å². The summed E-state index contributed by atoms with van der Waals surface area (Å²) in [6, 6.07) is 4.78. The van der Waals surface area contributed by atoms with Gasteiger partial charge in [0.25, 0.3) is 0 Å². The van der Waals surface area contributed by atoms with E-state index in [4.69, 9.17) is 4.42 Å². The number of phenolic OH excluding ortho intramolecular Hbond substituents is 1. The van der Waals surface area contributed by atoms with Gasteiger partial charge < -0.3 is 9.52 Å². The fourth-order valence-corrected chi connectivity index (χ4v) is 2.76. The number of nitrogens with zero attached hydrogens (tertiary/aromatic N) is 1. The first-order valence-electron chi connectivity index (χ1n) is 7.99. The lowest BCUT2D eigenvalue weighted by atomic mass is 10.1. The highest BCUT2D eigenvalue weighted by Crippen LogP contribution is 2.28. The van der Waals surface area contributed by atoms with Crippen LogP contribution in [0.1, 0.15) is 49.5 Å². The molecule has 0 aliphatic heterocycles. The Labute approximate surface area is 135 Å². The zero-order valence-corrected chi connectivity index (χ0v) is 13.9. The number of benzene rings is 1. The van der Waals surface area contributed by atoms with E-state index in [0.717, 1.165) is 25.9 Å². The Morgan fingerprint density at radius 1 is 1.22 bits per heavy atom. The predicted octanol–water partition coefficient (Wildman–Crippen LogP) is 3.32. The van der Waals surface area contributed by atoms with Crippen molar-refractivity contribution in [1.82, 2.24) is 4.90 Å². The zero-order valence-electron chi connectivity index (χ0n) is 13.9. The third kappa shape index (κ3) is 3.79. The Hall–Kier alpha value is -2.14. The quantitative estimate of drug-likeness (QED) is 0.626. The average Bonchev–Trinajstić information content (AvgIpc) is 2.50. The fourth-order valence-electron chi connectivity index (χ4n) is 2.76. The van der Waals surface area contributed by atoms with Gasteiger partial charge in [-0.1, -0.05) is 13.8 Å². The minimum absolute atomic E-state index is 0.0353. The van der Waals surface area contributed by atoms with E-state index in [2.05, 4.69) is 18.7 Å². The number of fused-ring (bicyclic) bond motifs is 1. The number of Topliss-reactive ketones (excluding diaryl/α,β-unsaturated/α-hetero) is 1. The van der Waals surface area contributed by atoms with Crippen molar-refractivity contribution in [2.45, 2.75) is 40.2 Å². The lowest BCUT2D eigenvalue weighted by Crippen LogP contribution is -2.25. The van der Waals surface area contributed by atoms with Gasteiger partial charge in [0.2, 0.25) is 0 Å². The molecular weight excluding hydrogens is 294 g/mol. The number of phenols is 1. The van der Waals surface area contributed by atoms with Crippen LogP contribution < -0.4 is 5.63 Å². The molecule has 0 amide bonds. The van der Waals surface area contributed by atoms with Gasteiger partial charge in [0.05, 0.1) is 5.56 Å². The Balaban J connectivity index is 2.54. The van der Waals surface area contributed by atoms with Gasteiger partial charge in [-0.3, -0.25) is 9.69 Å². The van der Waals surface area contributed by atoms with Crippen LogP contribution in [-0.2, 0) is 6.54 Å². The first-order chi connectivity index (χ1) is 11.0. The lowest BCUT2D eigenvalue weighted by molar-refractivity contribution is 0.101. The van der Waals surface area contributed by atoms with Crippen molar-refractivity contribution in [1.29, 1.82) is 0 Å². The van der Waals surface area contributed by atoms with E-state index in [1.54, 1.807) is 12.1 Å². The van der Waals surface area contributed by atoms with Crippen LogP contribution in [0.3, 0.4) is 0 Å². The molecule has 0 fully saturated rings. The number of hydrogen-bond donors (Lipinski definition) is 1. The number of aromatic hydroxyl groups is 1. The minimum Gasteiger partial charge on any atom is -0.507 e. The predicted molar refractivity (Wildman–Crippen MR) is 90.0 cm³/mol. The molecule has 5 heteroatoms. The van der Waals surface area contributed by atoms with Crippen LogP contribution in [0.25, 0.3) is 11.0 Å². The molecule has 5 nitrogen and oxygen atoms in total. The molecule has 1 aromatic carbocycles. The summed E-state index contributed by atoms with van der Waals surface area (Å²) >= 11 is 0. The molecule has 2 rings (SSSR count). The molecule has 0 atom stereocenters. The summed E-state index contributed by atoms with van der Waals surface area (Å²) in [5.41, 5.74) is 0.330. The molecule has 0 saturated carbocycles. The van der Waals surface area contributed by atoms with Gasteiger partial charge in [0.15, 0.2) is 5.78 Å². The number of rotatable bonds is 7. The first-order valence-corrected chi connectivity index (χ1v) is 7.99. The third-order valence-corrected chi connectivity index (χ3v) is 3.82. The molecule has 1 N–H and O–H groups in total. The highest BCUT2D eigenvalue weighted by Gasteiger charge is 2.16. The second kappa shape index (κ2) is 7.42. The smallest absolute Gasteiger partial charge is 0.347 e. The van der Waals surface area contributed by atoms with Crippen LogP contribution in [0.15, 0.2) is 27.4 Å². The second-order valence-electron chi connectivity index (χ2n) is 5.76. The van der Waals surface area contributed by atoms with Crippen LogP contribution in [0, 0.1) is 0 Å². The molecule has 1 heterocycles. The Bertz CT molecular complexity index is 757. The van der Waals surface area contributed by atoms with Gasteiger partial charge in [-0.15, -0.1) is 0 Å². The average molecular weight is 317 g/mol. The van der Waals surface area contributed by atoms with Crippen LogP contribution in [-0.4, -0.2) is 28.9 Å². The summed E-state index contributed by atoms with van der Waals surface area (Å²) in [5, 5.41) is 10.9. The van der Waals surface area contributed by atoms with E-state index in [9.17, 15) is 14.7 Å². The van der Waals surface area contributed by atoms with Gasteiger partial charge in [-0.05, 0) is 51.1 Å². The van der Waals surface area contributed by atoms with Crippen molar-refractivity contribution in [3.63, 3.8) is 0 Å². The van der Waals surface area contributed by atoms with Gasteiger partial charge >= 0.3 is 5.63 Å². The lowest BCUT2D eigenvalue weighted by Gasteiger charge is -2.21. The molecule has 0 saturated heterocycles. The molecular formula is C18H23NO4. The van der Waals surface area contributed by atoms with Crippen LogP contribution in [0.2, 0.25) is 0 Å². The Kier molecular flexibility index (Phi) is 5.55. The maximum absolute atomic E-state index is 12.0. The molecule has 23 heavy (non-hydrogen) atoms. The summed E-state index contributed by atoms with van der Waals surface area (Å²) in [6.45, 7) is 7.85. The Morgan fingerprint density at radius 3 is 2.43 bits per heavy atom. The van der Waals surface area contributed by atoms with E-state index in [1.165, 1.54) is 13.0 Å². The number of ketones is 1. The number of hydrogen-bond acceptors (Lipinski definition) is 5. The fraction of sp³-hybridized carbons (Fsp3) is 0.444. The van der Waals surface area contributed by atoms with Crippen LogP contribution in [0.5, 0.6) is 5.75 Å². The van der Waals surface area contributed by atoms with Crippen molar-refractivity contribution in [2.75, 3.05) is 13.1 Å². The highest BCUT2D eigenvalue weighted by molar-refractivity contribution is 5.97. The molecule has 124 valence electrons. The summed E-state index contributed by atoms with van der Waals surface area (Å²) in [7, 11) is 0. The molecule has 0 unspecified atom stereocenters. The maximum Gasteiger partial charge on any atom is 0.347 e. The largest absolute Gasteiger partial charge is 0.507 e. The summed E-state index contributed by atoms with van der Waals surface area (Å²) in [4.78, 5) is 25.7. The van der Waals surface area contributed by atoms with Gasteiger partial charge in [0, 0.05) is 11.9 Å². The van der Waals surface area contributed by atoms with Crippen LogP contribution in [0.4, 0.5) is 0 Å². The molecule has 1 aromatic heterocycles. The van der Waals surface area contributed by atoms with E-state index in [0.29, 0.717) is 23.1 Å². The second-order valence-corrected chi connectivity index (χ2v) is 5.76. The monoisotopic (exact) mass is 317 g/mol. The van der Waals surface area contributed by atoms with Crippen molar-refractivity contribution >= 4 is 16.8 Å². The first kappa shape index (κ1) is 17.2. The Morgan fingerprint density at radius 2 is 1.87 bits per heavy atom. The SMILES string of the molecule is CCCN(CCC)Cc1c(O)ccc2cc(C(C)=O)c(=O)oc12. The third-order valence-electron chi connectivity index (χ3n) is 3.82. The summed E-state index contributed by atoms with van der Waals surface area (Å²) in [6.07, 6.45) is 2.01. The van der Waals surface area contributed by atoms with Crippen LogP contribution >= 0.6 is 0 Å². The summed E-state index contributed by atoms with van der Waals surface area (Å²) < 4.78 is 5.36. The van der Waals surface area contributed by atoms with Crippen molar-refractivity contribution in [3.05, 3.63) is 39.7 Å². The molecule has 0 spiro atoms. The number of carbonyl (C=O) groups excluding carboxylic acids is 1. The maximum atomic E-state index is 12.0. The molecule has 0 aliphatic rings. The van der Waals surface area contributed by atoms with Crippen molar-refractivity contribution in [2.24, 2.45) is 0 Å². The topological polar surface area (TPSA) is 70.8 Å². The normalized spacial score (nSPS) is 11.3. The van der Waals surface area contributed by atoms with Crippen molar-refractivity contribution < 1.29 is 14.3 Å². The molecule has 0 bridgehead atoms.